The average Bonchev–Trinajstić information content (AvgIpc) is 2.51. The van der Waals surface area contributed by atoms with Gasteiger partial charge in [0.1, 0.15) is 5.75 Å². The van der Waals surface area contributed by atoms with E-state index in [4.69, 9.17) is 27.2 Å². The van der Waals surface area contributed by atoms with Gasteiger partial charge in [-0.25, -0.2) is 4.39 Å². The van der Waals surface area contributed by atoms with Crippen molar-refractivity contribution in [3.63, 3.8) is 0 Å². The van der Waals surface area contributed by atoms with Gasteiger partial charge in [0.15, 0.2) is 11.6 Å². The third-order valence-electron chi connectivity index (χ3n) is 3.12. The van der Waals surface area contributed by atoms with Crippen LogP contribution in [0.1, 0.15) is 17.5 Å². The van der Waals surface area contributed by atoms with E-state index in [1.807, 2.05) is 6.07 Å². The number of benzene rings is 2. The van der Waals surface area contributed by atoms with Crippen LogP contribution in [-0.4, -0.2) is 17.6 Å². The van der Waals surface area contributed by atoms with Gasteiger partial charge < -0.3 is 15.6 Å². The highest BCUT2D eigenvalue weighted by molar-refractivity contribution is 6.32. The second-order valence-corrected chi connectivity index (χ2v) is 5.28. The van der Waals surface area contributed by atoms with Gasteiger partial charge in [0.25, 0.3) is 0 Å². The molecule has 1 amide bonds. The quantitative estimate of drug-likeness (QED) is 0.815. The highest BCUT2D eigenvalue weighted by Crippen LogP contribution is 2.34. The fourth-order valence-corrected chi connectivity index (χ4v) is 2.21. The third kappa shape index (κ3) is 4.68. The number of amides is 1. The molecule has 0 heterocycles. The second-order valence-electron chi connectivity index (χ2n) is 4.88. The molecule has 3 N–H and O–H groups in total. The first-order valence-corrected chi connectivity index (χ1v) is 7.36. The lowest BCUT2D eigenvalue weighted by atomic mass is 10.1. The molecule has 0 saturated heterocycles. The van der Waals surface area contributed by atoms with Gasteiger partial charge in [-0.1, -0.05) is 29.8 Å². The SMILES string of the molecule is NC(=O)C[CH]c1ccc(Cl)c(Oc2cccc(CCO)c2)c1F. The lowest BCUT2D eigenvalue weighted by Crippen LogP contribution is -2.10. The largest absolute Gasteiger partial charge is 0.453 e. The summed E-state index contributed by atoms with van der Waals surface area (Å²) in [6.07, 6.45) is 1.77. The number of rotatable bonds is 7. The minimum Gasteiger partial charge on any atom is -0.453 e. The molecule has 0 fully saturated rings. The maximum absolute atomic E-state index is 14.5. The molecule has 2 rings (SSSR count). The standard InChI is InChI=1S/C17H16ClFNO3/c18-14-6-4-12(5-7-15(20)22)16(19)17(14)23-13-3-1-2-11(10-13)8-9-21/h1-6,10,21H,7-9H2,(H2,20,22). The Bertz CT molecular complexity index is 706. The summed E-state index contributed by atoms with van der Waals surface area (Å²) in [6.45, 7) is 0.0101. The van der Waals surface area contributed by atoms with Crippen LogP contribution < -0.4 is 10.5 Å². The summed E-state index contributed by atoms with van der Waals surface area (Å²) in [4.78, 5) is 10.8. The lowest BCUT2D eigenvalue weighted by Gasteiger charge is -2.12. The molecule has 23 heavy (non-hydrogen) atoms. The highest BCUT2D eigenvalue weighted by Gasteiger charge is 2.15. The Balaban J connectivity index is 2.26. The van der Waals surface area contributed by atoms with Crippen LogP contribution in [0.2, 0.25) is 5.02 Å². The number of nitrogens with two attached hydrogens (primary N) is 1. The van der Waals surface area contributed by atoms with Crippen molar-refractivity contribution in [1.82, 2.24) is 0 Å². The summed E-state index contributed by atoms with van der Waals surface area (Å²) >= 11 is 6.00. The lowest BCUT2D eigenvalue weighted by molar-refractivity contribution is -0.117. The summed E-state index contributed by atoms with van der Waals surface area (Å²) in [7, 11) is 0. The van der Waals surface area contributed by atoms with E-state index in [1.165, 1.54) is 18.6 Å². The van der Waals surface area contributed by atoms with Crippen molar-refractivity contribution in [2.75, 3.05) is 6.61 Å². The van der Waals surface area contributed by atoms with E-state index in [2.05, 4.69) is 0 Å². The van der Waals surface area contributed by atoms with Crippen LogP contribution in [0.15, 0.2) is 36.4 Å². The molecule has 2 aromatic carbocycles. The van der Waals surface area contributed by atoms with Gasteiger partial charge in [0.05, 0.1) is 5.02 Å². The summed E-state index contributed by atoms with van der Waals surface area (Å²) in [6, 6.07) is 9.88. The molecule has 0 aliphatic rings. The molecule has 0 aliphatic heterocycles. The first-order chi connectivity index (χ1) is 11.0. The van der Waals surface area contributed by atoms with Crippen molar-refractivity contribution in [1.29, 1.82) is 0 Å². The minimum absolute atomic E-state index is 0.0101. The number of ether oxygens (including phenoxy) is 1. The fraction of sp³-hybridized carbons (Fsp3) is 0.176. The van der Waals surface area contributed by atoms with Crippen molar-refractivity contribution in [3.8, 4) is 11.5 Å². The third-order valence-corrected chi connectivity index (χ3v) is 3.42. The first kappa shape index (κ1) is 17.2. The van der Waals surface area contributed by atoms with Crippen molar-refractivity contribution >= 4 is 17.5 Å². The zero-order valence-corrected chi connectivity index (χ0v) is 13.0. The second kappa shape index (κ2) is 7.94. The van der Waals surface area contributed by atoms with Crippen LogP contribution in [-0.2, 0) is 11.2 Å². The Labute approximate surface area is 138 Å². The fourth-order valence-electron chi connectivity index (χ4n) is 2.02. The van der Waals surface area contributed by atoms with Gasteiger partial charge in [0, 0.05) is 19.4 Å². The Kier molecular flexibility index (Phi) is 5.96. The van der Waals surface area contributed by atoms with Crippen molar-refractivity contribution in [2.24, 2.45) is 5.73 Å². The van der Waals surface area contributed by atoms with E-state index in [-0.39, 0.29) is 29.4 Å². The Morgan fingerprint density at radius 2 is 2.13 bits per heavy atom. The minimum atomic E-state index is -0.661. The van der Waals surface area contributed by atoms with Crippen LogP contribution >= 0.6 is 11.6 Å². The smallest absolute Gasteiger partial charge is 0.218 e. The number of hydrogen-bond acceptors (Lipinski definition) is 3. The van der Waals surface area contributed by atoms with Crippen LogP contribution in [0.5, 0.6) is 11.5 Å². The van der Waals surface area contributed by atoms with E-state index >= 15 is 0 Å². The summed E-state index contributed by atoms with van der Waals surface area (Å²) < 4.78 is 20.0. The normalized spacial score (nSPS) is 10.6. The molecule has 0 unspecified atom stereocenters. The zero-order chi connectivity index (χ0) is 16.8. The number of hydrogen-bond donors (Lipinski definition) is 2. The molecule has 0 atom stereocenters. The summed E-state index contributed by atoms with van der Waals surface area (Å²) in [5, 5.41) is 9.08. The molecule has 0 bridgehead atoms. The maximum Gasteiger partial charge on any atom is 0.218 e. The predicted molar refractivity (Wildman–Crippen MR) is 85.9 cm³/mol. The van der Waals surface area contributed by atoms with E-state index in [0.717, 1.165) is 5.56 Å². The van der Waals surface area contributed by atoms with Gasteiger partial charge in [-0.3, -0.25) is 4.79 Å². The Morgan fingerprint density at radius 3 is 2.83 bits per heavy atom. The van der Waals surface area contributed by atoms with Crippen LogP contribution in [0.4, 0.5) is 4.39 Å². The molecule has 121 valence electrons. The monoisotopic (exact) mass is 336 g/mol. The maximum atomic E-state index is 14.5. The molecule has 0 spiro atoms. The number of primary amides is 1. The topological polar surface area (TPSA) is 72.6 Å². The van der Waals surface area contributed by atoms with E-state index in [0.29, 0.717) is 12.2 Å². The molecule has 0 aliphatic carbocycles. The molecular formula is C17H16ClFNO3. The van der Waals surface area contributed by atoms with Gasteiger partial charge in [-0.2, -0.15) is 0 Å². The van der Waals surface area contributed by atoms with Gasteiger partial charge in [-0.05, 0) is 35.7 Å². The molecule has 6 heteroatoms. The predicted octanol–water partition coefficient (Wildman–Crippen LogP) is 3.23. The Hall–Kier alpha value is -2.11. The molecule has 0 saturated carbocycles. The van der Waals surface area contributed by atoms with Crippen LogP contribution in [0.3, 0.4) is 0 Å². The molecule has 4 nitrogen and oxygen atoms in total. The van der Waals surface area contributed by atoms with Crippen molar-refractivity contribution in [2.45, 2.75) is 12.8 Å². The van der Waals surface area contributed by atoms with E-state index < -0.39 is 11.7 Å². The highest BCUT2D eigenvalue weighted by atomic mass is 35.5. The van der Waals surface area contributed by atoms with Gasteiger partial charge in [0.2, 0.25) is 5.91 Å². The molecular weight excluding hydrogens is 321 g/mol. The number of carbonyl (C=O) groups excluding carboxylic acids is 1. The van der Waals surface area contributed by atoms with Crippen molar-refractivity contribution in [3.05, 3.63) is 64.8 Å². The summed E-state index contributed by atoms with van der Waals surface area (Å²) in [5.41, 5.74) is 6.11. The first-order valence-electron chi connectivity index (χ1n) is 6.98. The Morgan fingerprint density at radius 1 is 1.35 bits per heavy atom. The number of aliphatic hydroxyl groups excluding tert-OH is 1. The molecule has 2 aromatic rings. The van der Waals surface area contributed by atoms with Crippen molar-refractivity contribution < 1.29 is 19.0 Å². The number of carbonyl (C=O) groups is 1. The molecule has 1 radical (unpaired) electrons. The van der Waals surface area contributed by atoms with Gasteiger partial charge in [-0.15, -0.1) is 0 Å². The summed E-state index contributed by atoms with van der Waals surface area (Å²) in [5.74, 6) is -0.931. The zero-order valence-electron chi connectivity index (χ0n) is 12.3. The number of halogens is 2. The molecule has 0 aromatic heterocycles. The van der Waals surface area contributed by atoms with E-state index in [9.17, 15) is 9.18 Å². The van der Waals surface area contributed by atoms with Gasteiger partial charge >= 0.3 is 0 Å². The van der Waals surface area contributed by atoms with Crippen LogP contribution in [0, 0.1) is 12.2 Å². The number of aliphatic hydroxyl groups is 1. The van der Waals surface area contributed by atoms with E-state index in [1.54, 1.807) is 18.2 Å². The average molecular weight is 337 g/mol. The van der Waals surface area contributed by atoms with Crippen LogP contribution in [0.25, 0.3) is 0 Å².